The van der Waals surface area contributed by atoms with Crippen LogP contribution in [0.2, 0.25) is 0 Å². The van der Waals surface area contributed by atoms with E-state index < -0.39 is 0 Å². The second-order valence-corrected chi connectivity index (χ2v) is 6.39. The highest BCUT2D eigenvalue weighted by Crippen LogP contribution is 2.23. The number of hydrogen-bond donors (Lipinski definition) is 2. The van der Waals surface area contributed by atoms with Crippen molar-refractivity contribution in [2.45, 2.75) is 26.4 Å². The summed E-state index contributed by atoms with van der Waals surface area (Å²) in [5.41, 5.74) is 9.64. The maximum Gasteiger partial charge on any atom is 0.233 e. The number of fused-ring (bicyclic) bond motifs is 1. The number of nitrogen functional groups attached to an aromatic ring is 1. The minimum atomic E-state index is 0.340. The lowest BCUT2D eigenvalue weighted by atomic mass is 10.2. The van der Waals surface area contributed by atoms with E-state index in [1.54, 1.807) is 4.68 Å². The Hall–Kier alpha value is -3.68. The lowest BCUT2D eigenvalue weighted by molar-refractivity contribution is 0.696. The monoisotopic (exact) mass is 374 g/mol. The van der Waals surface area contributed by atoms with Crippen molar-refractivity contribution in [2.24, 2.45) is 0 Å². The van der Waals surface area contributed by atoms with Gasteiger partial charge in [0.25, 0.3) is 0 Å². The fourth-order valence-electron chi connectivity index (χ4n) is 3.07. The molecule has 4 rings (SSSR count). The van der Waals surface area contributed by atoms with Crippen LogP contribution < -0.4 is 11.1 Å². The number of nitrogens with one attached hydrogen (secondary N) is 1. The van der Waals surface area contributed by atoms with E-state index in [2.05, 4.69) is 31.9 Å². The molecule has 0 saturated carbocycles. The molecule has 8 nitrogen and oxygen atoms in total. The fourth-order valence-corrected chi connectivity index (χ4v) is 3.07. The summed E-state index contributed by atoms with van der Waals surface area (Å²) in [6.07, 6.45) is 6.34. The van der Waals surface area contributed by atoms with E-state index in [1.165, 1.54) is 0 Å². The predicted octanol–water partition coefficient (Wildman–Crippen LogP) is 2.95. The molecule has 0 unspecified atom stereocenters. The van der Waals surface area contributed by atoms with Crippen LogP contribution in [0.4, 0.5) is 11.8 Å². The number of anilines is 2. The zero-order valence-corrected chi connectivity index (χ0v) is 15.7. The van der Waals surface area contributed by atoms with Crippen molar-refractivity contribution in [3.63, 3.8) is 0 Å². The number of hydrogen-bond acceptors (Lipinski definition) is 6. The van der Waals surface area contributed by atoms with E-state index in [1.807, 2.05) is 60.3 Å². The molecule has 0 saturated heterocycles. The summed E-state index contributed by atoms with van der Waals surface area (Å²) in [7, 11) is 0. The van der Waals surface area contributed by atoms with Gasteiger partial charge in [0, 0.05) is 19.3 Å². The van der Waals surface area contributed by atoms with Gasteiger partial charge in [-0.3, -0.25) is 4.57 Å². The number of nitrogens with zero attached hydrogens (tertiary/aromatic N) is 6. The van der Waals surface area contributed by atoms with Crippen LogP contribution in [0.25, 0.3) is 17.1 Å². The molecule has 28 heavy (non-hydrogen) atoms. The molecule has 0 spiro atoms. The normalized spacial score (nSPS) is 11.0. The van der Waals surface area contributed by atoms with E-state index in [0.717, 1.165) is 17.5 Å². The van der Waals surface area contributed by atoms with Gasteiger partial charge in [-0.05, 0) is 24.5 Å². The highest BCUT2D eigenvalue weighted by Gasteiger charge is 2.17. The summed E-state index contributed by atoms with van der Waals surface area (Å²) in [5.74, 6) is 1.48. The van der Waals surface area contributed by atoms with Gasteiger partial charge in [-0.15, -0.1) is 6.58 Å². The Labute approximate surface area is 162 Å². The van der Waals surface area contributed by atoms with E-state index in [-0.39, 0.29) is 0 Å². The molecular formula is C20H22N8. The van der Waals surface area contributed by atoms with Crippen molar-refractivity contribution < 1.29 is 0 Å². The largest absolute Gasteiger partial charge is 0.382 e. The zero-order valence-electron chi connectivity index (χ0n) is 15.7. The number of imidazole rings is 1. The molecular weight excluding hydrogens is 352 g/mol. The van der Waals surface area contributed by atoms with Gasteiger partial charge in [-0.1, -0.05) is 36.4 Å². The Kier molecular flexibility index (Phi) is 4.76. The van der Waals surface area contributed by atoms with Crippen LogP contribution in [0, 0.1) is 0 Å². The van der Waals surface area contributed by atoms with Crippen molar-refractivity contribution in [1.29, 1.82) is 0 Å². The molecule has 3 heterocycles. The highest BCUT2D eigenvalue weighted by molar-refractivity contribution is 5.84. The summed E-state index contributed by atoms with van der Waals surface area (Å²) in [5, 5.41) is 7.66. The van der Waals surface area contributed by atoms with Crippen LogP contribution in [0.15, 0.2) is 55.4 Å². The average Bonchev–Trinajstić information content (AvgIpc) is 3.32. The van der Waals surface area contributed by atoms with Gasteiger partial charge in [-0.2, -0.15) is 15.1 Å². The first-order chi connectivity index (χ1) is 13.7. The summed E-state index contributed by atoms with van der Waals surface area (Å²) in [6, 6.07) is 10.1. The first kappa shape index (κ1) is 17.7. The first-order valence-corrected chi connectivity index (χ1v) is 9.16. The minimum Gasteiger partial charge on any atom is -0.382 e. The lowest BCUT2D eigenvalue weighted by Gasteiger charge is -2.08. The second-order valence-electron chi connectivity index (χ2n) is 6.39. The summed E-state index contributed by atoms with van der Waals surface area (Å²) in [6.45, 7) is 7.10. The van der Waals surface area contributed by atoms with Gasteiger partial charge in [0.1, 0.15) is 0 Å². The van der Waals surface area contributed by atoms with Crippen molar-refractivity contribution in [1.82, 2.24) is 29.3 Å². The second kappa shape index (κ2) is 7.51. The summed E-state index contributed by atoms with van der Waals surface area (Å²) < 4.78 is 3.71. The summed E-state index contributed by atoms with van der Waals surface area (Å²) >= 11 is 0. The van der Waals surface area contributed by atoms with Crippen molar-refractivity contribution in [3.8, 4) is 5.95 Å². The van der Waals surface area contributed by atoms with Gasteiger partial charge < -0.3 is 11.1 Å². The molecule has 142 valence electrons. The third kappa shape index (κ3) is 3.32. The lowest BCUT2D eigenvalue weighted by Crippen LogP contribution is -2.08. The Morgan fingerprint density at radius 2 is 1.96 bits per heavy atom. The topological polar surface area (TPSA) is 99.5 Å². The molecule has 0 radical (unpaired) electrons. The molecule has 0 amide bonds. The van der Waals surface area contributed by atoms with Gasteiger partial charge in [0.2, 0.25) is 11.9 Å². The molecule has 3 aromatic heterocycles. The number of nitrogens with two attached hydrogens (primary N) is 1. The number of allylic oxidation sites excluding steroid dienone is 1. The van der Waals surface area contributed by atoms with Gasteiger partial charge in [-0.25, -0.2) is 9.67 Å². The quantitative estimate of drug-likeness (QED) is 0.483. The summed E-state index contributed by atoms with van der Waals surface area (Å²) in [4.78, 5) is 13.7. The predicted molar refractivity (Wildman–Crippen MR) is 110 cm³/mol. The third-order valence-electron chi connectivity index (χ3n) is 4.43. The minimum absolute atomic E-state index is 0.340. The van der Waals surface area contributed by atoms with E-state index >= 15 is 0 Å². The molecule has 1 aromatic carbocycles. The van der Waals surface area contributed by atoms with Crippen molar-refractivity contribution in [3.05, 3.63) is 66.5 Å². The molecule has 0 bridgehead atoms. The molecule has 0 aliphatic heterocycles. The van der Waals surface area contributed by atoms with E-state index in [4.69, 9.17) is 5.73 Å². The van der Waals surface area contributed by atoms with Crippen LogP contribution in [0.5, 0.6) is 0 Å². The standard InChI is InChI=1S/C20H22N8/c1-3-8-15-12-23-28(13-15)20-24-16-17(21)25-19(26-18(16)27(20)4-2)22-11-14-9-6-5-7-10-14/h3,5-7,9-10,12-13H,1,4,8,11H2,2H3,(H3,21,22,25,26). The van der Waals surface area contributed by atoms with Crippen LogP contribution in [0.3, 0.4) is 0 Å². The van der Waals surface area contributed by atoms with Crippen LogP contribution in [-0.2, 0) is 19.5 Å². The number of rotatable bonds is 7. The molecule has 0 fully saturated rings. The highest BCUT2D eigenvalue weighted by atomic mass is 15.4. The maximum atomic E-state index is 6.18. The van der Waals surface area contributed by atoms with Crippen LogP contribution >= 0.6 is 0 Å². The Bertz CT molecular complexity index is 1110. The number of aromatic nitrogens is 6. The zero-order chi connectivity index (χ0) is 19.5. The third-order valence-corrected chi connectivity index (χ3v) is 4.43. The Morgan fingerprint density at radius 1 is 1.14 bits per heavy atom. The SMILES string of the molecule is C=CCc1cnn(-c2nc3c(N)nc(NCc4ccccc4)nc3n2CC)c1. The first-order valence-electron chi connectivity index (χ1n) is 9.16. The average molecular weight is 374 g/mol. The van der Waals surface area contributed by atoms with Crippen LogP contribution in [-0.4, -0.2) is 29.3 Å². The van der Waals surface area contributed by atoms with E-state index in [9.17, 15) is 0 Å². The van der Waals surface area contributed by atoms with Crippen molar-refractivity contribution >= 4 is 22.9 Å². The number of benzene rings is 1. The van der Waals surface area contributed by atoms with Crippen molar-refractivity contribution in [2.75, 3.05) is 11.1 Å². The Morgan fingerprint density at radius 3 is 2.71 bits per heavy atom. The van der Waals surface area contributed by atoms with Crippen LogP contribution in [0.1, 0.15) is 18.1 Å². The van der Waals surface area contributed by atoms with Gasteiger partial charge in [0.15, 0.2) is 17.0 Å². The van der Waals surface area contributed by atoms with Gasteiger partial charge in [0.05, 0.1) is 6.20 Å². The van der Waals surface area contributed by atoms with Gasteiger partial charge >= 0.3 is 0 Å². The molecule has 0 aliphatic rings. The smallest absolute Gasteiger partial charge is 0.233 e. The molecule has 8 heteroatoms. The molecule has 0 aliphatic carbocycles. The molecule has 4 aromatic rings. The van der Waals surface area contributed by atoms with E-state index in [0.29, 0.717) is 42.0 Å². The molecule has 3 N–H and O–H groups in total. The fraction of sp³-hybridized carbons (Fsp3) is 0.200. The molecule has 0 atom stereocenters. The number of aryl methyl sites for hydroxylation is 1. The Balaban J connectivity index is 1.71. The maximum absolute atomic E-state index is 6.18.